The number of Topliss-reactive ketones (excluding diaryl/α,β-unsaturated/α-hetero) is 1. The van der Waals surface area contributed by atoms with Gasteiger partial charge in [0.1, 0.15) is 5.92 Å². The zero-order chi connectivity index (χ0) is 8.43. The van der Waals surface area contributed by atoms with Crippen LogP contribution in [-0.4, -0.2) is 42.2 Å². The van der Waals surface area contributed by atoms with E-state index >= 15 is 0 Å². The maximum atomic E-state index is 11.1. The van der Waals surface area contributed by atoms with Gasteiger partial charge in [0.25, 0.3) is 0 Å². The van der Waals surface area contributed by atoms with E-state index in [9.17, 15) is 9.59 Å². The van der Waals surface area contributed by atoms with Gasteiger partial charge in [-0.3, -0.25) is 9.59 Å². The molecule has 0 aromatic heterocycles. The summed E-state index contributed by atoms with van der Waals surface area (Å²) in [5.74, 6) is 0.0841. The van der Waals surface area contributed by atoms with Gasteiger partial charge in [0, 0.05) is 6.54 Å². The minimum absolute atomic E-state index is 0.0312. The van der Waals surface area contributed by atoms with E-state index in [1.807, 2.05) is 19.0 Å². The number of hydrogen-bond acceptors (Lipinski definition) is 4. The average Bonchev–Trinajstić information content (AvgIpc) is 2.18. The highest BCUT2D eigenvalue weighted by atomic mass is 32.2. The predicted molar refractivity (Wildman–Crippen MR) is 44.5 cm³/mol. The second-order valence-electron chi connectivity index (χ2n) is 2.89. The molecule has 1 aliphatic rings. The van der Waals surface area contributed by atoms with Crippen LogP contribution < -0.4 is 0 Å². The number of rotatable bonds is 2. The normalized spacial score (nSPS) is 25.2. The third-order valence-corrected chi connectivity index (χ3v) is 2.58. The van der Waals surface area contributed by atoms with E-state index in [0.717, 1.165) is 11.8 Å². The van der Waals surface area contributed by atoms with Gasteiger partial charge in [-0.25, -0.2) is 0 Å². The molecule has 0 N–H and O–H groups in total. The van der Waals surface area contributed by atoms with E-state index in [4.69, 9.17) is 0 Å². The molecule has 0 radical (unpaired) electrons. The lowest BCUT2D eigenvalue weighted by atomic mass is 10.1. The molecule has 11 heavy (non-hydrogen) atoms. The highest BCUT2D eigenvalue weighted by Crippen LogP contribution is 2.22. The first-order valence-electron chi connectivity index (χ1n) is 3.45. The van der Waals surface area contributed by atoms with Crippen molar-refractivity contribution in [2.75, 3.05) is 26.4 Å². The molecule has 1 atom stereocenters. The van der Waals surface area contributed by atoms with Crippen molar-refractivity contribution in [3.8, 4) is 0 Å². The van der Waals surface area contributed by atoms with Gasteiger partial charge in [-0.05, 0) is 14.1 Å². The zero-order valence-electron chi connectivity index (χ0n) is 6.66. The number of carbonyl (C=O) groups excluding carboxylic acids is 2. The van der Waals surface area contributed by atoms with Crippen LogP contribution in [0.3, 0.4) is 0 Å². The molecule has 4 heteroatoms. The molecule has 62 valence electrons. The number of carbonyl (C=O) groups is 2. The van der Waals surface area contributed by atoms with Crippen molar-refractivity contribution in [1.82, 2.24) is 4.90 Å². The van der Waals surface area contributed by atoms with Crippen LogP contribution in [-0.2, 0) is 9.59 Å². The second-order valence-corrected chi connectivity index (χ2v) is 3.87. The third kappa shape index (κ3) is 2.04. The van der Waals surface area contributed by atoms with Gasteiger partial charge in [-0.1, -0.05) is 11.8 Å². The Morgan fingerprint density at radius 1 is 1.55 bits per heavy atom. The summed E-state index contributed by atoms with van der Waals surface area (Å²) in [6.45, 7) is 0.560. The van der Waals surface area contributed by atoms with Gasteiger partial charge < -0.3 is 4.90 Å². The lowest BCUT2D eigenvalue weighted by Crippen LogP contribution is -2.28. The smallest absolute Gasteiger partial charge is 0.201 e. The van der Waals surface area contributed by atoms with Crippen LogP contribution in [0.15, 0.2) is 0 Å². The van der Waals surface area contributed by atoms with Crippen LogP contribution in [0.4, 0.5) is 0 Å². The van der Waals surface area contributed by atoms with Crippen LogP contribution in [0, 0.1) is 5.92 Å². The summed E-state index contributed by atoms with van der Waals surface area (Å²) < 4.78 is 0. The molecule has 0 aromatic rings. The average molecular weight is 173 g/mol. The second kappa shape index (κ2) is 3.36. The van der Waals surface area contributed by atoms with E-state index in [0.29, 0.717) is 12.3 Å². The minimum atomic E-state index is -0.366. The van der Waals surface area contributed by atoms with Crippen molar-refractivity contribution in [3.63, 3.8) is 0 Å². The van der Waals surface area contributed by atoms with E-state index in [1.165, 1.54) is 0 Å². The molecular weight excluding hydrogens is 162 g/mol. The summed E-state index contributed by atoms with van der Waals surface area (Å²) in [5, 5.41) is 0.0312. The summed E-state index contributed by atoms with van der Waals surface area (Å²) in [7, 11) is 3.73. The molecular formula is C7H11NO2S. The van der Waals surface area contributed by atoms with Crippen molar-refractivity contribution < 1.29 is 9.59 Å². The minimum Gasteiger partial charge on any atom is -0.308 e. The van der Waals surface area contributed by atoms with Gasteiger partial charge in [-0.15, -0.1) is 0 Å². The quantitative estimate of drug-likeness (QED) is 0.551. The highest BCUT2D eigenvalue weighted by Gasteiger charge is 2.33. The first kappa shape index (κ1) is 8.74. The van der Waals surface area contributed by atoms with Crippen LogP contribution >= 0.6 is 11.8 Å². The first-order chi connectivity index (χ1) is 5.11. The van der Waals surface area contributed by atoms with Gasteiger partial charge in [0.05, 0.1) is 5.75 Å². The predicted octanol–water partition coefficient (Wildman–Crippen LogP) is 0.00670. The molecule has 0 saturated carbocycles. The number of nitrogens with zero attached hydrogens (tertiary/aromatic N) is 1. The van der Waals surface area contributed by atoms with E-state index in [-0.39, 0.29) is 16.8 Å². The molecule has 1 rings (SSSR count). The molecule has 1 saturated heterocycles. The molecule has 1 fully saturated rings. The Hall–Kier alpha value is -0.350. The molecule has 0 bridgehead atoms. The largest absolute Gasteiger partial charge is 0.308 e. The van der Waals surface area contributed by atoms with Gasteiger partial charge in [-0.2, -0.15) is 0 Å². The Morgan fingerprint density at radius 3 is 2.55 bits per heavy atom. The van der Waals surface area contributed by atoms with Crippen molar-refractivity contribution in [3.05, 3.63) is 0 Å². The zero-order valence-corrected chi connectivity index (χ0v) is 7.48. The summed E-state index contributed by atoms with van der Waals surface area (Å²) >= 11 is 1.14. The highest BCUT2D eigenvalue weighted by molar-refractivity contribution is 8.15. The molecule has 1 heterocycles. The molecule has 3 nitrogen and oxygen atoms in total. The van der Waals surface area contributed by atoms with Crippen molar-refractivity contribution in [1.29, 1.82) is 0 Å². The van der Waals surface area contributed by atoms with Crippen molar-refractivity contribution in [2.24, 2.45) is 5.92 Å². The maximum absolute atomic E-state index is 11.1. The summed E-state index contributed by atoms with van der Waals surface area (Å²) in [4.78, 5) is 24.0. The molecule has 0 aromatic carbocycles. The Morgan fingerprint density at radius 2 is 2.18 bits per heavy atom. The van der Waals surface area contributed by atoms with E-state index < -0.39 is 0 Å². The molecule has 0 aliphatic carbocycles. The van der Waals surface area contributed by atoms with E-state index in [2.05, 4.69) is 0 Å². The van der Waals surface area contributed by atoms with Gasteiger partial charge >= 0.3 is 0 Å². The summed E-state index contributed by atoms with van der Waals surface area (Å²) in [6.07, 6.45) is 0. The fourth-order valence-electron chi connectivity index (χ4n) is 1.02. The summed E-state index contributed by atoms with van der Waals surface area (Å²) in [5.41, 5.74) is 0. The van der Waals surface area contributed by atoms with Crippen molar-refractivity contribution >= 4 is 22.7 Å². The van der Waals surface area contributed by atoms with Crippen LogP contribution in [0.1, 0.15) is 0 Å². The Labute approximate surface area is 70.1 Å². The summed E-state index contributed by atoms with van der Waals surface area (Å²) in [6, 6.07) is 0. The molecule has 1 aliphatic heterocycles. The monoisotopic (exact) mass is 173 g/mol. The fraction of sp³-hybridized carbons (Fsp3) is 0.714. The molecule has 0 spiro atoms. The third-order valence-electron chi connectivity index (χ3n) is 1.58. The number of ketones is 1. The number of thioether (sulfide) groups is 1. The lowest BCUT2D eigenvalue weighted by molar-refractivity contribution is -0.125. The lowest BCUT2D eigenvalue weighted by Gasteiger charge is -2.11. The van der Waals surface area contributed by atoms with Gasteiger partial charge in [0.2, 0.25) is 5.12 Å². The van der Waals surface area contributed by atoms with Crippen LogP contribution in [0.2, 0.25) is 0 Å². The molecule has 1 unspecified atom stereocenters. The fourth-order valence-corrected chi connectivity index (χ4v) is 1.91. The Kier molecular flexibility index (Phi) is 2.67. The molecule has 0 amide bonds. The van der Waals surface area contributed by atoms with Crippen LogP contribution in [0.25, 0.3) is 0 Å². The first-order valence-corrected chi connectivity index (χ1v) is 4.44. The Balaban J connectivity index is 2.55. The van der Waals surface area contributed by atoms with Gasteiger partial charge in [0.15, 0.2) is 5.78 Å². The topological polar surface area (TPSA) is 37.4 Å². The standard InChI is InChI=1S/C7H11NO2S/c1-8(2)3-5-6(9)4-11-7(5)10/h5H,3-4H2,1-2H3. The van der Waals surface area contributed by atoms with Crippen molar-refractivity contribution in [2.45, 2.75) is 0 Å². The SMILES string of the molecule is CN(C)CC1C(=O)CSC1=O. The van der Waals surface area contributed by atoms with Crippen LogP contribution in [0.5, 0.6) is 0 Å². The number of hydrogen-bond donors (Lipinski definition) is 0. The maximum Gasteiger partial charge on any atom is 0.201 e. The Bertz CT molecular complexity index is 175. The van der Waals surface area contributed by atoms with E-state index in [1.54, 1.807) is 0 Å².